The van der Waals surface area contributed by atoms with Gasteiger partial charge in [-0.05, 0) is 30.2 Å². The van der Waals surface area contributed by atoms with Crippen LogP contribution in [0.15, 0.2) is 36.4 Å². The lowest BCUT2D eigenvalue weighted by Crippen LogP contribution is -2.07. The summed E-state index contributed by atoms with van der Waals surface area (Å²) in [4.78, 5) is 21.4. The van der Waals surface area contributed by atoms with Crippen molar-refractivity contribution in [2.24, 2.45) is 0 Å². The molecule has 0 saturated carbocycles. The van der Waals surface area contributed by atoms with Gasteiger partial charge in [-0.2, -0.15) is 0 Å². The molecule has 0 unspecified atom stereocenters. The number of anilines is 2. The summed E-state index contributed by atoms with van der Waals surface area (Å²) < 4.78 is 0. The molecule has 0 radical (unpaired) electrons. The molecule has 0 bridgehead atoms. The van der Waals surface area contributed by atoms with E-state index in [1.807, 2.05) is 18.2 Å². The van der Waals surface area contributed by atoms with Crippen molar-refractivity contribution in [1.29, 1.82) is 0 Å². The Labute approximate surface area is 138 Å². The Morgan fingerprint density at radius 2 is 2.04 bits per heavy atom. The first kappa shape index (κ1) is 16.8. The molecule has 0 heterocycles. The van der Waals surface area contributed by atoms with E-state index in [-0.39, 0.29) is 11.6 Å². The molecule has 0 fully saturated rings. The second kappa shape index (κ2) is 7.11. The lowest BCUT2D eigenvalue weighted by molar-refractivity contribution is -0.384. The van der Waals surface area contributed by atoms with Gasteiger partial charge in [-0.25, -0.2) is 0 Å². The lowest BCUT2D eigenvalue weighted by Gasteiger charge is -2.12. The molecule has 0 atom stereocenters. The summed E-state index contributed by atoms with van der Waals surface area (Å²) >= 11 is 6.12. The number of nitrogens with one attached hydrogen (secondary N) is 2. The molecule has 6 nitrogen and oxygen atoms in total. The molecule has 0 aliphatic rings. The summed E-state index contributed by atoms with van der Waals surface area (Å²) in [6.07, 6.45) is 0. The first-order valence-corrected chi connectivity index (χ1v) is 7.29. The highest BCUT2D eigenvalue weighted by Gasteiger charge is 2.13. The number of nitrogens with zero attached hydrogens (tertiary/aromatic N) is 1. The molecule has 0 aliphatic heterocycles. The van der Waals surface area contributed by atoms with Gasteiger partial charge in [0.25, 0.3) is 5.69 Å². The number of hydrogen-bond acceptors (Lipinski definition) is 4. The average molecular weight is 334 g/mol. The van der Waals surface area contributed by atoms with E-state index in [1.165, 1.54) is 19.1 Å². The highest BCUT2D eigenvalue weighted by Crippen LogP contribution is 2.31. The maximum atomic E-state index is 11.1. The van der Waals surface area contributed by atoms with Crippen LogP contribution in [-0.4, -0.2) is 10.8 Å². The zero-order valence-electron chi connectivity index (χ0n) is 12.7. The van der Waals surface area contributed by atoms with Crippen molar-refractivity contribution < 1.29 is 9.72 Å². The van der Waals surface area contributed by atoms with Crippen molar-refractivity contribution >= 4 is 34.6 Å². The smallest absolute Gasteiger partial charge is 0.271 e. The molecule has 2 aromatic rings. The van der Waals surface area contributed by atoms with E-state index in [2.05, 4.69) is 10.6 Å². The van der Waals surface area contributed by atoms with E-state index >= 15 is 0 Å². The van der Waals surface area contributed by atoms with Crippen LogP contribution in [-0.2, 0) is 11.3 Å². The number of amides is 1. The maximum absolute atomic E-state index is 11.1. The fourth-order valence-electron chi connectivity index (χ4n) is 2.21. The highest BCUT2D eigenvalue weighted by atomic mass is 35.5. The normalized spacial score (nSPS) is 10.2. The number of aryl methyl sites for hydroxylation is 1. The monoisotopic (exact) mass is 333 g/mol. The molecule has 2 aromatic carbocycles. The molecule has 23 heavy (non-hydrogen) atoms. The van der Waals surface area contributed by atoms with E-state index < -0.39 is 4.92 Å². The molecule has 2 rings (SSSR count). The van der Waals surface area contributed by atoms with Gasteiger partial charge in [0.05, 0.1) is 15.6 Å². The Morgan fingerprint density at radius 1 is 1.30 bits per heavy atom. The number of hydrogen-bond donors (Lipinski definition) is 2. The van der Waals surface area contributed by atoms with Gasteiger partial charge in [-0.15, -0.1) is 0 Å². The number of halogens is 1. The molecule has 1 amide bonds. The van der Waals surface area contributed by atoms with Gasteiger partial charge in [0.1, 0.15) is 0 Å². The number of non-ortho nitro benzene ring substituents is 1. The zero-order chi connectivity index (χ0) is 17.0. The SMILES string of the molecule is CC(=O)Nc1cccc(CNc2c(C)cc([N+](=O)[O-])cc2Cl)c1. The van der Waals surface area contributed by atoms with Crippen molar-refractivity contribution in [3.63, 3.8) is 0 Å². The summed E-state index contributed by atoms with van der Waals surface area (Å²) in [5.41, 5.74) is 2.98. The molecule has 0 spiro atoms. The van der Waals surface area contributed by atoms with E-state index in [1.54, 1.807) is 13.0 Å². The fraction of sp³-hybridized carbons (Fsp3) is 0.188. The van der Waals surface area contributed by atoms with Crippen molar-refractivity contribution in [2.45, 2.75) is 20.4 Å². The van der Waals surface area contributed by atoms with Crippen LogP contribution in [0, 0.1) is 17.0 Å². The molecule has 0 saturated heterocycles. The third-order valence-electron chi connectivity index (χ3n) is 3.20. The first-order valence-electron chi connectivity index (χ1n) is 6.92. The molecular formula is C16H16ClN3O3. The maximum Gasteiger partial charge on any atom is 0.271 e. The average Bonchev–Trinajstić information content (AvgIpc) is 2.45. The van der Waals surface area contributed by atoms with Crippen molar-refractivity contribution in [1.82, 2.24) is 0 Å². The largest absolute Gasteiger partial charge is 0.380 e. The Kier molecular flexibility index (Phi) is 5.18. The predicted octanol–water partition coefficient (Wildman–Crippen LogP) is 4.13. The second-order valence-corrected chi connectivity index (χ2v) is 5.52. The van der Waals surface area contributed by atoms with Crippen LogP contribution >= 0.6 is 11.6 Å². The van der Waals surface area contributed by atoms with E-state index in [0.717, 1.165) is 5.56 Å². The highest BCUT2D eigenvalue weighted by molar-refractivity contribution is 6.33. The Morgan fingerprint density at radius 3 is 2.65 bits per heavy atom. The van der Waals surface area contributed by atoms with E-state index in [0.29, 0.717) is 28.5 Å². The van der Waals surface area contributed by atoms with Gasteiger partial charge in [-0.3, -0.25) is 14.9 Å². The van der Waals surface area contributed by atoms with Crippen molar-refractivity contribution in [3.05, 3.63) is 62.7 Å². The first-order chi connectivity index (χ1) is 10.9. The summed E-state index contributed by atoms with van der Waals surface area (Å²) in [6.45, 7) is 3.69. The van der Waals surface area contributed by atoms with Gasteiger partial charge >= 0.3 is 0 Å². The van der Waals surface area contributed by atoms with Crippen molar-refractivity contribution in [2.75, 3.05) is 10.6 Å². The third-order valence-corrected chi connectivity index (χ3v) is 3.50. The minimum Gasteiger partial charge on any atom is -0.380 e. The molecule has 7 heteroatoms. The molecular weight excluding hydrogens is 318 g/mol. The Balaban J connectivity index is 2.15. The number of rotatable bonds is 5. The van der Waals surface area contributed by atoms with Crippen LogP contribution in [0.1, 0.15) is 18.1 Å². The van der Waals surface area contributed by atoms with Gasteiger partial charge in [0.15, 0.2) is 0 Å². The second-order valence-electron chi connectivity index (χ2n) is 5.11. The number of carbonyl (C=O) groups is 1. The van der Waals surface area contributed by atoms with E-state index in [4.69, 9.17) is 11.6 Å². The van der Waals surface area contributed by atoms with Crippen LogP contribution in [0.4, 0.5) is 17.1 Å². The summed E-state index contributed by atoms with van der Waals surface area (Å²) in [5.74, 6) is -0.135. The van der Waals surface area contributed by atoms with Crippen LogP contribution in [0.2, 0.25) is 5.02 Å². The van der Waals surface area contributed by atoms with Crippen LogP contribution < -0.4 is 10.6 Å². The number of carbonyl (C=O) groups excluding carboxylic acids is 1. The van der Waals surface area contributed by atoms with E-state index in [9.17, 15) is 14.9 Å². The Bertz CT molecular complexity index is 739. The summed E-state index contributed by atoms with van der Waals surface area (Å²) in [5, 5.41) is 17.0. The van der Waals surface area contributed by atoms with Gasteiger partial charge in [0, 0.05) is 31.3 Å². The zero-order valence-corrected chi connectivity index (χ0v) is 13.5. The van der Waals surface area contributed by atoms with Crippen LogP contribution in [0.25, 0.3) is 0 Å². The quantitative estimate of drug-likeness (QED) is 0.636. The van der Waals surface area contributed by atoms with Gasteiger partial charge < -0.3 is 10.6 Å². The summed E-state index contributed by atoms with van der Waals surface area (Å²) in [7, 11) is 0. The number of nitro benzene ring substituents is 1. The van der Waals surface area contributed by atoms with Gasteiger partial charge in [0.2, 0.25) is 5.91 Å². The third kappa shape index (κ3) is 4.43. The predicted molar refractivity (Wildman–Crippen MR) is 90.9 cm³/mol. The van der Waals surface area contributed by atoms with Crippen molar-refractivity contribution in [3.8, 4) is 0 Å². The minimum atomic E-state index is -0.473. The summed E-state index contributed by atoms with van der Waals surface area (Å²) in [6, 6.07) is 10.2. The lowest BCUT2D eigenvalue weighted by atomic mass is 10.1. The molecule has 120 valence electrons. The number of nitro groups is 1. The van der Waals surface area contributed by atoms with Crippen LogP contribution in [0.3, 0.4) is 0 Å². The molecule has 0 aromatic heterocycles. The van der Waals surface area contributed by atoms with Gasteiger partial charge in [-0.1, -0.05) is 23.7 Å². The number of benzene rings is 2. The molecule has 2 N–H and O–H groups in total. The standard InChI is InChI=1S/C16H16ClN3O3/c1-10-6-14(20(22)23)8-15(17)16(10)18-9-12-4-3-5-13(7-12)19-11(2)21/h3-8,18H,9H2,1-2H3,(H,19,21). The molecule has 0 aliphatic carbocycles. The fourth-order valence-corrected chi connectivity index (χ4v) is 2.54. The topological polar surface area (TPSA) is 84.3 Å². The minimum absolute atomic E-state index is 0.0364. The van der Waals surface area contributed by atoms with Crippen LogP contribution in [0.5, 0.6) is 0 Å². The Hall–Kier alpha value is -2.60.